The number of rotatable bonds is 8. The molecule has 1 amide bonds. The van der Waals surface area contributed by atoms with Crippen LogP contribution in [0.1, 0.15) is 65.7 Å². The molecule has 188 valence electrons. The Morgan fingerprint density at radius 1 is 0.973 bits per heavy atom. The molecule has 6 rings (SSSR count). The van der Waals surface area contributed by atoms with E-state index in [-0.39, 0.29) is 11.7 Å². The summed E-state index contributed by atoms with van der Waals surface area (Å²) in [5.41, 5.74) is 3.03. The Bertz CT molecular complexity index is 1420. The zero-order valence-corrected chi connectivity index (χ0v) is 20.8. The van der Waals surface area contributed by atoms with Crippen LogP contribution in [0.5, 0.6) is 0 Å². The number of anilines is 1. The highest BCUT2D eigenvalue weighted by Gasteiger charge is 2.42. The van der Waals surface area contributed by atoms with Crippen molar-refractivity contribution in [2.45, 2.75) is 56.4 Å². The van der Waals surface area contributed by atoms with Crippen LogP contribution < -0.4 is 10.6 Å². The molecular formula is C31H31FN4O. The van der Waals surface area contributed by atoms with Gasteiger partial charge in [0.15, 0.2) is 0 Å². The average molecular weight is 495 g/mol. The summed E-state index contributed by atoms with van der Waals surface area (Å²) < 4.78 is 13.8. The molecule has 0 bridgehead atoms. The molecule has 0 spiro atoms. The van der Waals surface area contributed by atoms with Crippen LogP contribution in [0.15, 0.2) is 72.9 Å². The first-order valence-corrected chi connectivity index (χ1v) is 13.3. The third kappa shape index (κ3) is 4.80. The molecule has 2 saturated carbocycles. The average Bonchev–Trinajstić information content (AvgIpc) is 3.60. The monoisotopic (exact) mass is 494 g/mol. The number of carbonyl (C=O) groups is 1. The second-order valence-electron chi connectivity index (χ2n) is 10.3. The van der Waals surface area contributed by atoms with Gasteiger partial charge in [-0.3, -0.25) is 4.79 Å². The molecule has 1 aromatic heterocycles. The molecule has 0 aliphatic heterocycles. The van der Waals surface area contributed by atoms with Gasteiger partial charge in [0, 0.05) is 24.2 Å². The number of nitrogens with zero attached hydrogens (tertiary/aromatic N) is 2. The Hall–Kier alpha value is -3.80. The van der Waals surface area contributed by atoms with Crippen molar-refractivity contribution in [3.05, 3.63) is 101 Å². The van der Waals surface area contributed by atoms with Crippen molar-refractivity contribution in [3.8, 4) is 0 Å². The molecule has 0 atom stereocenters. The lowest BCUT2D eigenvalue weighted by molar-refractivity contribution is 0.0951. The molecule has 2 aliphatic rings. The molecule has 1 heterocycles. The number of halogens is 1. The van der Waals surface area contributed by atoms with Crippen molar-refractivity contribution in [1.82, 2.24) is 15.3 Å². The highest BCUT2D eigenvalue weighted by molar-refractivity contribution is 5.95. The second-order valence-corrected chi connectivity index (χ2v) is 10.3. The van der Waals surface area contributed by atoms with Gasteiger partial charge in [0.25, 0.3) is 5.91 Å². The third-order valence-corrected chi connectivity index (χ3v) is 7.81. The molecule has 6 heteroatoms. The van der Waals surface area contributed by atoms with Crippen LogP contribution in [0.3, 0.4) is 0 Å². The van der Waals surface area contributed by atoms with Crippen LogP contribution in [0, 0.1) is 5.82 Å². The molecule has 2 N–H and O–H groups in total. The summed E-state index contributed by atoms with van der Waals surface area (Å²) in [4.78, 5) is 23.1. The number of amides is 1. The summed E-state index contributed by atoms with van der Waals surface area (Å²) in [5, 5.41) is 8.92. The lowest BCUT2D eigenvalue weighted by Gasteiger charge is -2.31. The Morgan fingerprint density at radius 3 is 2.51 bits per heavy atom. The van der Waals surface area contributed by atoms with Crippen LogP contribution >= 0.6 is 0 Å². The first kappa shape index (κ1) is 23.6. The molecular weight excluding hydrogens is 463 g/mol. The summed E-state index contributed by atoms with van der Waals surface area (Å²) in [5.74, 6) is 0.141. The standard InChI is InChI=1S/C31H31FN4O/c32-24-12-10-23(11-13-24)31(17-3-4-18-31)28-27(20-34-30(36-28)35-25-14-15-25)29(37)33-19-16-22-8-5-7-21-6-1-2-9-26(21)22/h1-2,5-13,20,25H,3-4,14-19H2,(H,33,37)(H,34,35,36). The Kier molecular flexibility index (Phi) is 6.33. The highest BCUT2D eigenvalue weighted by Crippen LogP contribution is 2.47. The maximum absolute atomic E-state index is 13.8. The summed E-state index contributed by atoms with van der Waals surface area (Å²) >= 11 is 0. The topological polar surface area (TPSA) is 66.9 Å². The highest BCUT2D eigenvalue weighted by atomic mass is 19.1. The van der Waals surface area contributed by atoms with E-state index in [1.165, 1.54) is 28.5 Å². The van der Waals surface area contributed by atoms with Crippen LogP contribution in [-0.2, 0) is 11.8 Å². The maximum atomic E-state index is 13.8. The molecule has 2 fully saturated rings. The number of aromatic nitrogens is 2. The first-order chi connectivity index (χ1) is 18.1. The first-order valence-electron chi connectivity index (χ1n) is 13.3. The summed E-state index contributed by atoms with van der Waals surface area (Å²) in [6, 6.07) is 21.7. The van der Waals surface area contributed by atoms with Gasteiger partial charge >= 0.3 is 0 Å². The number of hydrogen-bond donors (Lipinski definition) is 2. The van der Waals surface area contributed by atoms with Crippen LogP contribution in [0.2, 0.25) is 0 Å². The maximum Gasteiger partial charge on any atom is 0.254 e. The quantitative estimate of drug-likeness (QED) is 0.307. The minimum Gasteiger partial charge on any atom is -0.352 e. The van der Waals surface area contributed by atoms with Gasteiger partial charge in [-0.1, -0.05) is 67.4 Å². The normalized spacial score (nSPS) is 16.6. The molecule has 5 nitrogen and oxygen atoms in total. The van der Waals surface area contributed by atoms with Crippen LogP contribution in [0.4, 0.5) is 10.3 Å². The van der Waals surface area contributed by atoms with Crippen LogP contribution in [-0.4, -0.2) is 28.5 Å². The van der Waals surface area contributed by atoms with Gasteiger partial charge in [-0.15, -0.1) is 0 Å². The predicted molar refractivity (Wildman–Crippen MR) is 144 cm³/mol. The van der Waals surface area contributed by atoms with Gasteiger partial charge in [-0.25, -0.2) is 14.4 Å². The van der Waals surface area contributed by atoms with Gasteiger partial charge in [0.1, 0.15) is 5.82 Å². The van der Waals surface area contributed by atoms with Gasteiger partial charge in [-0.05, 0) is 66.1 Å². The Labute approximate surface area is 216 Å². The number of nitrogens with one attached hydrogen (secondary N) is 2. The predicted octanol–water partition coefficient (Wildman–Crippen LogP) is 6.18. The van der Waals surface area contributed by atoms with E-state index < -0.39 is 5.41 Å². The summed E-state index contributed by atoms with van der Waals surface area (Å²) in [6.45, 7) is 0.512. The molecule has 0 radical (unpaired) electrons. The van der Waals surface area contributed by atoms with Crippen molar-refractivity contribution in [1.29, 1.82) is 0 Å². The zero-order valence-electron chi connectivity index (χ0n) is 20.8. The molecule has 4 aromatic rings. The minimum absolute atomic E-state index is 0.165. The lowest BCUT2D eigenvalue weighted by atomic mass is 9.74. The zero-order chi connectivity index (χ0) is 25.2. The summed E-state index contributed by atoms with van der Waals surface area (Å²) in [7, 11) is 0. The van der Waals surface area contributed by atoms with E-state index in [1.54, 1.807) is 6.20 Å². The van der Waals surface area contributed by atoms with Gasteiger partial charge in [0.2, 0.25) is 5.95 Å². The van der Waals surface area contributed by atoms with Crippen LogP contribution in [0.25, 0.3) is 10.8 Å². The molecule has 0 saturated heterocycles. The number of fused-ring (bicyclic) bond motifs is 1. The Morgan fingerprint density at radius 2 is 1.73 bits per heavy atom. The fraction of sp³-hybridized carbons (Fsp3) is 0.323. The van der Waals surface area contributed by atoms with E-state index in [4.69, 9.17) is 4.98 Å². The fourth-order valence-corrected chi connectivity index (χ4v) is 5.72. The van der Waals surface area contributed by atoms with Crippen molar-refractivity contribution >= 4 is 22.6 Å². The smallest absolute Gasteiger partial charge is 0.254 e. The minimum atomic E-state index is -0.432. The second kappa shape index (κ2) is 9.92. The molecule has 2 aliphatic carbocycles. The van der Waals surface area contributed by atoms with E-state index >= 15 is 0 Å². The van der Waals surface area contributed by atoms with E-state index in [0.717, 1.165) is 56.2 Å². The summed E-state index contributed by atoms with van der Waals surface area (Å²) in [6.07, 6.45) is 8.43. The van der Waals surface area contributed by atoms with Gasteiger partial charge < -0.3 is 10.6 Å². The number of hydrogen-bond acceptors (Lipinski definition) is 4. The van der Waals surface area contributed by atoms with E-state index in [2.05, 4.69) is 45.9 Å². The molecule has 3 aromatic carbocycles. The van der Waals surface area contributed by atoms with E-state index in [1.807, 2.05) is 24.3 Å². The van der Waals surface area contributed by atoms with Gasteiger partial charge in [0.05, 0.1) is 11.3 Å². The van der Waals surface area contributed by atoms with Crippen molar-refractivity contribution in [3.63, 3.8) is 0 Å². The Balaban J connectivity index is 1.30. The number of carbonyl (C=O) groups excluding carboxylic acids is 1. The van der Waals surface area contributed by atoms with Crippen molar-refractivity contribution in [2.75, 3.05) is 11.9 Å². The molecule has 0 unspecified atom stereocenters. The van der Waals surface area contributed by atoms with Crippen molar-refractivity contribution in [2.24, 2.45) is 0 Å². The largest absolute Gasteiger partial charge is 0.352 e. The lowest BCUT2D eigenvalue weighted by Crippen LogP contribution is -2.33. The third-order valence-electron chi connectivity index (χ3n) is 7.81. The van der Waals surface area contributed by atoms with Crippen molar-refractivity contribution < 1.29 is 9.18 Å². The number of benzene rings is 3. The van der Waals surface area contributed by atoms with Gasteiger partial charge in [-0.2, -0.15) is 0 Å². The fourth-order valence-electron chi connectivity index (χ4n) is 5.72. The van der Waals surface area contributed by atoms with E-state index in [0.29, 0.717) is 24.1 Å². The SMILES string of the molecule is O=C(NCCc1cccc2ccccc12)c1cnc(NC2CC2)nc1C1(c2ccc(F)cc2)CCCC1. The molecule has 37 heavy (non-hydrogen) atoms. The van der Waals surface area contributed by atoms with E-state index in [9.17, 15) is 9.18 Å².